The highest BCUT2D eigenvalue weighted by molar-refractivity contribution is 7.81. The summed E-state index contributed by atoms with van der Waals surface area (Å²) in [6, 6.07) is 0. The summed E-state index contributed by atoms with van der Waals surface area (Å²) < 4.78 is 22.0. The Morgan fingerprint density at radius 3 is 2.42 bits per heavy atom. The monoisotopic (exact) mass is 330 g/mol. The maximum atomic E-state index is 11.2. The topological polar surface area (TPSA) is 139 Å². The van der Waals surface area contributed by atoms with Gasteiger partial charge < -0.3 is 24.9 Å². The zero-order chi connectivity index (χ0) is 14.8. The van der Waals surface area contributed by atoms with Crippen LogP contribution in [-0.4, -0.2) is 37.2 Å². The Bertz CT molecular complexity index is 495. The Balaban J connectivity index is 3.12. The van der Waals surface area contributed by atoms with Gasteiger partial charge >= 0.3 is 15.2 Å². The minimum Gasteiger partial charge on any atom is -0.372 e. The van der Waals surface area contributed by atoms with E-state index in [2.05, 4.69) is 22.9 Å². The molecule has 11 heteroatoms. The minimum atomic E-state index is -4.86. The largest absolute Gasteiger partial charge is 0.374 e. The lowest BCUT2D eigenvalue weighted by Gasteiger charge is -2.27. The number of hydrogen-bond donors (Lipinski definition) is 6. The van der Waals surface area contributed by atoms with Crippen LogP contribution in [0.25, 0.3) is 0 Å². The van der Waals surface area contributed by atoms with Crippen molar-refractivity contribution < 1.29 is 28.7 Å². The summed E-state index contributed by atoms with van der Waals surface area (Å²) in [5.41, 5.74) is -0.923. The van der Waals surface area contributed by atoms with Crippen LogP contribution in [0.15, 0.2) is 16.2 Å². The first-order valence-corrected chi connectivity index (χ1v) is 9.15. The fourth-order valence-corrected chi connectivity index (χ4v) is 3.65. The quantitative estimate of drug-likeness (QED) is 0.326. The van der Waals surface area contributed by atoms with Crippen molar-refractivity contribution in [2.75, 3.05) is 6.54 Å². The van der Waals surface area contributed by atoms with Gasteiger partial charge in [0.05, 0.1) is 5.82 Å². The van der Waals surface area contributed by atoms with Gasteiger partial charge in [-0.25, -0.2) is 4.99 Å². The molecule has 1 rings (SSSR count). The second kappa shape index (κ2) is 6.10. The molecule has 0 aromatic heterocycles. The van der Waals surface area contributed by atoms with E-state index in [1.54, 1.807) is 6.92 Å². The van der Waals surface area contributed by atoms with Gasteiger partial charge in [0, 0.05) is 17.7 Å². The van der Waals surface area contributed by atoms with Crippen molar-refractivity contribution in [3.05, 3.63) is 11.3 Å². The summed E-state index contributed by atoms with van der Waals surface area (Å²) in [7, 11) is -9.58. The average molecular weight is 330 g/mol. The number of nitrogens with zero attached hydrogens (tertiary/aromatic N) is 1. The van der Waals surface area contributed by atoms with Crippen LogP contribution in [0, 0.1) is 5.92 Å². The van der Waals surface area contributed by atoms with E-state index in [1.165, 1.54) is 0 Å². The number of amidine groups is 1. The van der Waals surface area contributed by atoms with Crippen LogP contribution < -0.4 is 5.32 Å². The Hall–Kier alpha value is -0.140. The zero-order valence-electron chi connectivity index (χ0n) is 10.0. The van der Waals surface area contributed by atoms with E-state index in [-0.39, 0.29) is 22.8 Å². The Kier molecular flexibility index (Phi) is 5.43. The van der Waals surface area contributed by atoms with Crippen LogP contribution in [0.5, 0.6) is 0 Å². The molecule has 0 aliphatic carbocycles. The first-order chi connectivity index (χ1) is 8.49. The van der Waals surface area contributed by atoms with Gasteiger partial charge in [0.2, 0.25) is 0 Å². The van der Waals surface area contributed by atoms with Crippen molar-refractivity contribution >= 4 is 33.7 Å². The van der Waals surface area contributed by atoms with Crippen molar-refractivity contribution in [2.24, 2.45) is 10.9 Å². The van der Waals surface area contributed by atoms with Gasteiger partial charge in [0.1, 0.15) is 5.84 Å². The van der Waals surface area contributed by atoms with Crippen LogP contribution in [0.4, 0.5) is 0 Å². The van der Waals surface area contributed by atoms with Gasteiger partial charge in [0.25, 0.3) is 0 Å². The number of rotatable bonds is 3. The smallest absolute Gasteiger partial charge is 0.372 e. The van der Waals surface area contributed by atoms with E-state index in [1.807, 2.05) is 0 Å². The lowest BCUT2D eigenvalue weighted by atomic mass is 10.00. The SMILES string of the molecule is CC1CC(S)CNC1=NC(=CP(=O)(O)O)P(=O)(O)O. The van der Waals surface area contributed by atoms with E-state index >= 15 is 0 Å². The predicted octanol–water partition coefficient (Wildman–Crippen LogP) is 0.467. The van der Waals surface area contributed by atoms with Gasteiger partial charge in [-0.2, -0.15) is 12.6 Å². The molecule has 0 radical (unpaired) electrons. The molecule has 0 amide bonds. The highest BCUT2D eigenvalue weighted by atomic mass is 32.1. The van der Waals surface area contributed by atoms with Gasteiger partial charge in [-0.05, 0) is 6.42 Å². The molecule has 19 heavy (non-hydrogen) atoms. The molecule has 0 saturated carbocycles. The highest BCUT2D eigenvalue weighted by Gasteiger charge is 2.28. The molecule has 0 aromatic rings. The fourth-order valence-electron chi connectivity index (χ4n) is 1.59. The Morgan fingerprint density at radius 2 is 2.00 bits per heavy atom. The molecule has 8 nitrogen and oxygen atoms in total. The van der Waals surface area contributed by atoms with Gasteiger partial charge in [-0.1, -0.05) is 6.92 Å². The molecule has 1 saturated heterocycles. The fraction of sp³-hybridized carbons (Fsp3) is 0.625. The second-order valence-corrected chi connectivity index (χ2v) is 8.00. The van der Waals surface area contributed by atoms with Crippen LogP contribution in [0.2, 0.25) is 0 Å². The normalized spacial score (nSPS) is 28.3. The number of thiol groups is 1. The maximum absolute atomic E-state index is 11.2. The van der Waals surface area contributed by atoms with Crippen molar-refractivity contribution in [3.63, 3.8) is 0 Å². The van der Waals surface area contributed by atoms with Crippen LogP contribution >= 0.6 is 27.8 Å². The third kappa shape index (κ3) is 5.79. The molecule has 1 aliphatic heterocycles. The van der Waals surface area contributed by atoms with Crippen LogP contribution in [0.3, 0.4) is 0 Å². The molecule has 2 atom stereocenters. The van der Waals surface area contributed by atoms with E-state index < -0.39 is 20.6 Å². The first kappa shape index (κ1) is 16.9. The van der Waals surface area contributed by atoms with Crippen LogP contribution in [-0.2, 0) is 9.13 Å². The lowest BCUT2D eigenvalue weighted by Crippen LogP contribution is -2.41. The van der Waals surface area contributed by atoms with Crippen molar-refractivity contribution in [1.82, 2.24) is 5.32 Å². The Labute approximate surface area is 115 Å². The Morgan fingerprint density at radius 1 is 1.42 bits per heavy atom. The molecule has 1 aliphatic rings. The second-order valence-electron chi connectivity index (χ2n) is 4.29. The summed E-state index contributed by atoms with van der Waals surface area (Å²) in [4.78, 5) is 39.4. The predicted molar refractivity (Wildman–Crippen MR) is 74.2 cm³/mol. The average Bonchev–Trinajstić information content (AvgIpc) is 2.17. The molecule has 0 spiro atoms. The van der Waals surface area contributed by atoms with Crippen molar-refractivity contribution in [3.8, 4) is 0 Å². The minimum absolute atomic E-state index is 0.0956. The number of nitrogens with one attached hydrogen (secondary N) is 1. The molecule has 0 bridgehead atoms. The molecule has 1 fully saturated rings. The molecule has 2 unspecified atom stereocenters. The van der Waals surface area contributed by atoms with E-state index in [4.69, 9.17) is 19.6 Å². The van der Waals surface area contributed by atoms with Crippen molar-refractivity contribution in [1.29, 1.82) is 0 Å². The van der Waals surface area contributed by atoms with Crippen LogP contribution in [0.1, 0.15) is 13.3 Å². The molecule has 110 valence electrons. The van der Waals surface area contributed by atoms with E-state index in [0.717, 1.165) is 0 Å². The summed E-state index contributed by atoms with van der Waals surface area (Å²) >= 11 is 4.27. The summed E-state index contributed by atoms with van der Waals surface area (Å²) in [5.74, 6) is 0.346. The highest BCUT2D eigenvalue weighted by Crippen LogP contribution is 2.51. The van der Waals surface area contributed by atoms with Gasteiger partial charge in [-0.15, -0.1) is 0 Å². The summed E-state index contributed by atoms with van der Waals surface area (Å²) in [6.07, 6.45) is 0.652. The maximum Gasteiger partial charge on any atom is 0.374 e. The van der Waals surface area contributed by atoms with Gasteiger partial charge in [0.15, 0.2) is 5.44 Å². The zero-order valence-corrected chi connectivity index (χ0v) is 12.7. The van der Waals surface area contributed by atoms with E-state index in [0.29, 0.717) is 13.0 Å². The lowest BCUT2D eigenvalue weighted by molar-refractivity contribution is 0.376. The van der Waals surface area contributed by atoms with Gasteiger partial charge in [-0.3, -0.25) is 9.13 Å². The summed E-state index contributed by atoms with van der Waals surface area (Å²) in [6.45, 7) is 2.25. The molecular weight excluding hydrogens is 314 g/mol. The van der Waals surface area contributed by atoms with Crippen molar-refractivity contribution in [2.45, 2.75) is 18.6 Å². The molecule has 5 N–H and O–H groups in total. The summed E-state index contributed by atoms with van der Waals surface area (Å²) in [5, 5.41) is 2.94. The third-order valence-corrected chi connectivity index (χ3v) is 4.43. The number of aliphatic imine (C=N–C) groups is 1. The molecule has 1 heterocycles. The van der Waals surface area contributed by atoms with E-state index in [9.17, 15) is 9.13 Å². The standard InChI is InChI=1S/C8H16N2O6P2S/c1-5-2-6(19)3-9-8(5)10-7(18(14,15)16)4-17(11,12)13/h4-6,19H,2-3H2,1H3,(H,9,10)(H2,11,12,13)(H2,14,15,16). The molecule has 0 aromatic carbocycles. The molecular formula is C8H16N2O6P2S. The number of hydrogen-bond acceptors (Lipinski definition) is 4. The first-order valence-electron chi connectivity index (χ1n) is 5.34. The number of piperidine rings is 1. The third-order valence-electron chi connectivity index (χ3n) is 2.43.